The number of imidazole rings is 1. The molecule has 1 heterocycles. The lowest BCUT2D eigenvalue weighted by atomic mass is 9.97. The summed E-state index contributed by atoms with van der Waals surface area (Å²) in [6.45, 7) is 6.00. The average Bonchev–Trinajstić information content (AvgIpc) is 3.31. The molecule has 6 nitrogen and oxygen atoms in total. The Balaban J connectivity index is 1.27. The molecule has 4 rings (SSSR count). The molecule has 0 spiro atoms. The number of aromatic nitrogens is 2. The van der Waals surface area contributed by atoms with Crippen LogP contribution in [0.5, 0.6) is 11.5 Å². The second kappa shape index (κ2) is 13.8. The fourth-order valence-corrected chi connectivity index (χ4v) is 4.91. The summed E-state index contributed by atoms with van der Waals surface area (Å²) < 4.78 is 13.0. The van der Waals surface area contributed by atoms with Crippen molar-refractivity contribution in [3.8, 4) is 11.5 Å². The Morgan fingerprint density at radius 2 is 1.67 bits per heavy atom. The number of nitrogens with zero attached hydrogens (tertiary/aromatic N) is 2. The van der Waals surface area contributed by atoms with Crippen LogP contribution in [0.4, 0.5) is 0 Å². The maximum atomic E-state index is 12.4. The lowest BCUT2D eigenvalue weighted by molar-refractivity contribution is -0.120. The van der Waals surface area contributed by atoms with Crippen LogP contribution in [0.2, 0.25) is 0 Å². The summed E-state index contributed by atoms with van der Waals surface area (Å²) in [5, 5.41) is 3.05. The van der Waals surface area contributed by atoms with Gasteiger partial charge in [-0.1, -0.05) is 62.7 Å². The van der Waals surface area contributed by atoms with E-state index in [0.29, 0.717) is 30.4 Å². The molecule has 1 amide bonds. The van der Waals surface area contributed by atoms with Gasteiger partial charge >= 0.3 is 0 Å². The fourth-order valence-electron chi connectivity index (χ4n) is 4.91. The standard InChI is InChI=1S/C33H41N3O3/c1-5-24(2)27-17-14-25(15-18-27)23-36-29-12-9-8-11-28(29)35-32(36)13-7-6-10-20-34-33(37)22-26-16-19-30(38-3)31(21-26)39-4/h8-9,11-12,14-19,21,24H,5-7,10,13,20,22-23H2,1-4H3,(H,34,37). The van der Waals surface area contributed by atoms with Crippen molar-refractivity contribution in [1.82, 2.24) is 14.9 Å². The van der Waals surface area contributed by atoms with Gasteiger partial charge in [0.05, 0.1) is 31.7 Å². The van der Waals surface area contributed by atoms with Crippen LogP contribution in [-0.2, 0) is 24.2 Å². The van der Waals surface area contributed by atoms with Crippen molar-refractivity contribution in [2.75, 3.05) is 20.8 Å². The molecule has 0 radical (unpaired) electrons. The summed E-state index contributed by atoms with van der Waals surface area (Å²) >= 11 is 0. The number of para-hydroxylation sites is 2. The monoisotopic (exact) mass is 527 g/mol. The topological polar surface area (TPSA) is 65.4 Å². The molecule has 0 aliphatic carbocycles. The first-order chi connectivity index (χ1) is 19.0. The zero-order valence-corrected chi connectivity index (χ0v) is 23.7. The van der Waals surface area contributed by atoms with E-state index in [4.69, 9.17) is 14.5 Å². The Morgan fingerprint density at radius 3 is 2.41 bits per heavy atom. The Hall–Kier alpha value is -3.80. The fraction of sp³-hybridized carbons (Fsp3) is 0.394. The predicted octanol–water partition coefficient (Wildman–Crippen LogP) is 6.69. The van der Waals surface area contributed by atoms with Gasteiger partial charge in [-0.05, 0) is 66.1 Å². The molecular weight excluding hydrogens is 486 g/mol. The molecule has 39 heavy (non-hydrogen) atoms. The highest BCUT2D eigenvalue weighted by Gasteiger charge is 2.12. The highest BCUT2D eigenvalue weighted by atomic mass is 16.5. The molecule has 1 unspecified atom stereocenters. The Kier molecular flexibility index (Phi) is 10.0. The number of carbonyl (C=O) groups is 1. The van der Waals surface area contributed by atoms with E-state index in [-0.39, 0.29) is 5.91 Å². The van der Waals surface area contributed by atoms with Gasteiger partial charge in [-0.15, -0.1) is 0 Å². The quantitative estimate of drug-likeness (QED) is 0.186. The van der Waals surface area contributed by atoms with Gasteiger partial charge < -0.3 is 19.4 Å². The summed E-state index contributed by atoms with van der Waals surface area (Å²) in [6.07, 6.45) is 5.39. The van der Waals surface area contributed by atoms with E-state index in [1.54, 1.807) is 14.2 Å². The van der Waals surface area contributed by atoms with Crippen LogP contribution < -0.4 is 14.8 Å². The molecule has 4 aromatic rings. The molecule has 0 bridgehead atoms. The predicted molar refractivity (Wildman–Crippen MR) is 158 cm³/mol. The van der Waals surface area contributed by atoms with Gasteiger partial charge in [0.15, 0.2) is 11.5 Å². The van der Waals surface area contributed by atoms with Crippen LogP contribution >= 0.6 is 0 Å². The summed E-state index contributed by atoms with van der Waals surface area (Å²) in [7, 11) is 3.20. The Bertz CT molecular complexity index is 1360. The van der Waals surface area contributed by atoms with Crippen LogP contribution in [0.15, 0.2) is 66.7 Å². The molecule has 0 saturated carbocycles. The third kappa shape index (κ3) is 7.41. The number of amides is 1. The van der Waals surface area contributed by atoms with E-state index in [0.717, 1.165) is 55.6 Å². The molecule has 1 atom stereocenters. The highest BCUT2D eigenvalue weighted by Crippen LogP contribution is 2.27. The molecule has 0 aliphatic rings. The molecule has 1 N–H and O–H groups in total. The van der Waals surface area contributed by atoms with Crippen LogP contribution in [0.1, 0.15) is 68.0 Å². The number of fused-ring (bicyclic) bond motifs is 1. The summed E-state index contributed by atoms with van der Waals surface area (Å²) in [5.41, 5.74) is 5.82. The van der Waals surface area contributed by atoms with Gasteiger partial charge in [0.25, 0.3) is 0 Å². The number of ether oxygens (including phenoxy) is 2. The third-order valence-electron chi connectivity index (χ3n) is 7.45. The van der Waals surface area contributed by atoms with Gasteiger partial charge in [-0.3, -0.25) is 4.79 Å². The maximum Gasteiger partial charge on any atom is 0.224 e. The van der Waals surface area contributed by atoms with E-state index in [9.17, 15) is 4.79 Å². The molecule has 6 heteroatoms. The summed E-state index contributed by atoms with van der Waals surface area (Å²) in [6, 6.07) is 23.0. The first-order valence-corrected chi connectivity index (χ1v) is 14.0. The molecule has 206 valence electrons. The minimum atomic E-state index is 0.0170. The van der Waals surface area contributed by atoms with Gasteiger partial charge in [-0.2, -0.15) is 0 Å². The molecular formula is C33H41N3O3. The summed E-state index contributed by atoms with van der Waals surface area (Å²) in [4.78, 5) is 17.4. The van der Waals surface area contributed by atoms with Crippen molar-refractivity contribution in [3.63, 3.8) is 0 Å². The SMILES string of the molecule is CCC(C)c1ccc(Cn2c(CCCCCNC(=O)Cc3ccc(OC)c(OC)c3)nc3ccccc32)cc1. The first kappa shape index (κ1) is 28.2. The van der Waals surface area contributed by atoms with Gasteiger partial charge in [0.1, 0.15) is 5.82 Å². The largest absolute Gasteiger partial charge is 0.493 e. The zero-order valence-electron chi connectivity index (χ0n) is 23.7. The smallest absolute Gasteiger partial charge is 0.224 e. The average molecular weight is 528 g/mol. The number of nitrogens with one attached hydrogen (secondary N) is 1. The molecule has 0 saturated heterocycles. The van der Waals surface area contributed by atoms with E-state index in [1.807, 2.05) is 18.2 Å². The number of carbonyl (C=O) groups excluding carboxylic acids is 1. The van der Waals surface area contributed by atoms with Gasteiger partial charge in [0, 0.05) is 19.5 Å². The number of aryl methyl sites for hydroxylation is 1. The van der Waals surface area contributed by atoms with E-state index < -0.39 is 0 Å². The van der Waals surface area contributed by atoms with Crippen LogP contribution in [0, 0.1) is 0 Å². The lowest BCUT2D eigenvalue weighted by Crippen LogP contribution is -2.26. The second-order valence-electron chi connectivity index (χ2n) is 10.2. The molecule has 0 aliphatic heterocycles. The van der Waals surface area contributed by atoms with Crippen molar-refractivity contribution in [2.45, 2.75) is 64.8 Å². The van der Waals surface area contributed by atoms with Crippen LogP contribution in [0.25, 0.3) is 11.0 Å². The van der Waals surface area contributed by atoms with E-state index >= 15 is 0 Å². The van der Waals surface area contributed by atoms with Gasteiger partial charge in [-0.25, -0.2) is 4.98 Å². The Labute approximate surface area is 232 Å². The summed E-state index contributed by atoms with van der Waals surface area (Å²) in [5.74, 6) is 3.02. The number of rotatable bonds is 14. The molecule has 3 aromatic carbocycles. The van der Waals surface area contributed by atoms with E-state index in [2.05, 4.69) is 72.3 Å². The first-order valence-electron chi connectivity index (χ1n) is 14.0. The highest BCUT2D eigenvalue weighted by molar-refractivity contribution is 5.78. The normalized spacial score (nSPS) is 11.9. The van der Waals surface area contributed by atoms with Crippen molar-refractivity contribution in [3.05, 3.63) is 89.2 Å². The number of hydrogen-bond donors (Lipinski definition) is 1. The number of benzene rings is 3. The van der Waals surface area contributed by atoms with E-state index in [1.165, 1.54) is 16.6 Å². The second-order valence-corrected chi connectivity index (χ2v) is 10.2. The number of methoxy groups -OCH3 is 2. The van der Waals surface area contributed by atoms with Crippen LogP contribution in [-0.4, -0.2) is 36.2 Å². The Morgan fingerprint density at radius 1 is 0.923 bits per heavy atom. The van der Waals surface area contributed by atoms with Gasteiger partial charge in [0.2, 0.25) is 5.91 Å². The molecule has 1 aromatic heterocycles. The van der Waals surface area contributed by atoms with Crippen molar-refractivity contribution >= 4 is 16.9 Å². The maximum absolute atomic E-state index is 12.4. The molecule has 0 fully saturated rings. The zero-order chi connectivity index (χ0) is 27.6. The van der Waals surface area contributed by atoms with Crippen molar-refractivity contribution in [2.24, 2.45) is 0 Å². The van der Waals surface area contributed by atoms with Crippen molar-refractivity contribution < 1.29 is 14.3 Å². The lowest BCUT2D eigenvalue weighted by Gasteiger charge is -2.12. The van der Waals surface area contributed by atoms with Crippen LogP contribution in [0.3, 0.4) is 0 Å². The van der Waals surface area contributed by atoms with Crippen molar-refractivity contribution in [1.29, 1.82) is 0 Å². The number of hydrogen-bond acceptors (Lipinski definition) is 4. The minimum absolute atomic E-state index is 0.0170. The minimum Gasteiger partial charge on any atom is -0.493 e. The third-order valence-corrected chi connectivity index (χ3v) is 7.45. The number of unbranched alkanes of at least 4 members (excludes halogenated alkanes) is 2.